The number of hydrogen-bond donors (Lipinski definition) is 2. The van der Waals surface area contributed by atoms with Crippen molar-refractivity contribution < 1.29 is 9.53 Å². The number of aromatic nitrogens is 5. The number of ether oxygens (including phenoxy) is 1. The molecule has 1 atom stereocenters. The van der Waals surface area contributed by atoms with Crippen molar-refractivity contribution in [2.24, 2.45) is 5.92 Å². The second kappa shape index (κ2) is 6.37. The molecule has 0 saturated carbocycles. The largest absolute Gasteiger partial charge is 0.480 e. The smallest absolute Gasteiger partial charge is 0.233 e. The minimum Gasteiger partial charge on any atom is -0.480 e. The zero-order valence-corrected chi connectivity index (χ0v) is 12.2. The topological polar surface area (TPSA) is 109 Å². The number of rotatable bonds is 4. The molecule has 3 rings (SSSR count). The molecule has 1 aliphatic rings. The standard InChI is InChI=1S/C13H17N7O2/c1-22-11-5-4-10(17-18-11)20-6-2-3-9(7-20)12(21)16-13-14-8-15-19-13/h4-5,8-9H,2-3,6-7H2,1H3,(H2,14,15,16,19,21). The van der Waals surface area contributed by atoms with E-state index in [0.717, 1.165) is 25.2 Å². The SMILES string of the molecule is COc1ccc(N2CCCC(C(=O)Nc3ncn[nH]3)C2)nn1. The van der Waals surface area contributed by atoms with Crippen molar-refractivity contribution >= 4 is 17.7 Å². The van der Waals surface area contributed by atoms with E-state index in [2.05, 4.69) is 35.6 Å². The Labute approximate surface area is 127 Å². The number of H-pyrrole nitrogens is 1. The fourth-order valence-electron chi connectivity index (χ4n) is 2.47. The van der Waals surface area contributed by atoms with Gasteiger partial charge in [0.15, 0.2) is 5.82 Å². The van der Waals surface area contributed by atoms with Crippen LogP contribution >= 0.6 is 0 Å². The van der Waals surface area contributed by atoms with E-state index in [1.807, 2.05) is 6.07 Å². The van der Waals surface area contributed by atoms with Crippen molar-refractivity contribution in [2.75, 3.05) is 30.4 Å². The summed E-state index contributed by atoms with van der Waals surface area (Å²) in [7, 11) is 1.55. The Hall–Kier alpha value is -2.71. The predicted octanol–water partition coefficient (Wildman–Crippen LogP) is 0.458. The van der Waals surface area contributed by atoms with Crippen LogP contribution in [0.15, 0.2) is 18.5 Å². The molecule has 0 aliphatic carbocycles. The summed E-state index contributed by atoms with van der Waals surface area (Å²) in [5, 5.41) is 17.2. The van der Waals surface area contributed by atoms with Crippen molar-refractivity contribution in [3.05, 3.63) is 18.5 Å². The van der Waals surface area contributed by atoms with E-state index in [9.17, 15) is 4.79 Å². The van der Waals surface area contributed by atoms with Gasteiger partial charge in [-0.2, -0.15) is 10.1 Å². The highest BCUT2D eigenvalue weighted by atomic mass is 16.5. The third-order valence-corrected chi connectivity index (χ3v) is 3.61. The lowest BCUT2D eigenvalue weighted by atomic mass is 9.97. The Morgan fingerprint density at radius 1 is 1.45 bits per heavy atom. The number of amides is 1. The van der Waals surface area contributed by atoms with Gasteiger partial charge in [0.25, 0.3) is 0 Å². The summed E-state index contributed by atoms with van der Waals surface area (Å²) in [4.78, 5) is 18.2. The fraction of sp³-hybridized carbons (Fsp3) is 0.462. The van der Waals surface area contributed by atoms with Gasteiger partial charge in [0.05, 0.1) is 13.0 Å². The molecule has 9 heteroatoms. The molecule has 0 aromatic carbocycles. The van der Waals surface area contributed by atoms with Crippen LogP contribution in [0.3, 0.4) is 0 Å². The van der Waals surface area contributed by atoms with Crippen molar-refractivity contribution in [1.29, 1.82) is 0 Å². The maximum absolute atomic E-state index is 12.3. The molecule has 2 N–H and O–H groups in total. The number of piperidine rings is 1. The summed E-state index contributed by atoms with van der Waals surface area (Å²) in [5.41, 5.74) is 0. The van der Waals surface area contributed by atoms with Gasteiger partial charge in [0, 0.05) is 19.2 Å². The van der Waals surface area contributed by atoms with E-state index in [4.69, 9.17) is 4.74 Å². The van der Waals surface area contributed by atoms with Crippen LogP contribution in [0, 0.1) is 5.92 Å². The first-order chi connectivity index (χ1) is 10.8. The maximum Gasteiger partial charge on any atom is 0.233 e. The normalized spacial score (nSPS) is 18.0. The highest BCUT2D eigenvalue weighted by Gasteiger charge is 2.27. The lowest BCUT2D eigenvalue weighted by Gasteiger charge is -2.32. The molecule has 1 saturated heterocycles. The molecular weight excluding hydrogens is 286 g/mol. The Morgan fingerprint density at radius 3 is 3.05 bits per heavy atom. The maximum atomic E-state index is 12.3. The van der Waals surface area contributed by atoms with Gasteiger partial charge < -0.3 is 9.64 Å². The van der Waals surface area contributed by atoms with E-state index < -0.39 is 0 Å². The first-order valence-electron chi connectivity index (χ1n) is 7.05. The van der Waals surface area contributed by atoms with Gasteiger partial charge in [-0.15, -0.1) is 10.2 Å². The van der Waals surface area contributed by atoms with Crippen LogP contribution in [-0.4, -0.2) is 51.5 Å². The predicted molar refractivity (Wildman–Crippen MR) is 78.5 cm³/mol. The quantitative estimate of drug-likeness (QED) is 0.844. The zero-order chi connectivity index (χ0) is 15.4. The van der Waals surface area contributed by atoms with Crippen LogP contribution in [0.1, 0.15) is 12.8 Å². The molecule has 9 nitrogen and oxygen atoms in total. The summed E-state index contributed by atoms with van der Waals surface area (Å²) in [6.07, 6.45) is 3.11. The van der Waals surface area contributed by atoms with Crippen LogP contribution < -0.4 is 15.0 Å². The number of hydrogen-bond acceptors (Lipinski definition) is 7. The zero-order valence-electron chi connectivity index (χ0n) is 12.2. The van der Waals surface area contributed by atoms with Crippen molar-refractivity contribution in [3.8, 4) is 5.88 Å². The van der Waals surface area contributed by atoms with E-state index in [1.165, 1.54) is 6.33 Å². The molecule has 0 radical (unpaired) electrons. The minimum atomic E-state index is -0.122. The molecule has 116 valence electrons. The van der Waals surface area contributed by atoms with E-state index in [0.29, 0.717) is 18.4 Å². The lowest BCUT2D eigenvalue weighted by molar-refractivity contribution is -0.120. The summed E-state index contributed by atoms with van der Waals surface area (Å²) in [6.45, 7) is 1.45. The molecule has 1 amide bonds. The first kappa shape index (κ1) is 14.2. The lowest BCUT2D eigenvalue weighted by Crippen LogP contribution is -2.41. The molecule has 22 heavy (non-hydrogen) atoms. The Morgan fingerprint density at radius 2 is 2.36 bits per heavy atom. The average molecular weight is 303 g/mol. The third-order valence-electron chi connectivity index (χ3n) is 3.61. The Bertz CT molecular complexity index is 614. The molecule has 0 bridgehead atoms. The molecule has 1 fully saturated rings. The molecule has 1 unspecified atom stereocenters. The molecule has 2 aromatic heterocycles. The van der Waals surface area contributed by atoms with Gasteiger partial charge in [-0.1, -0.05) is 0 Å². The number of carbonyl (C=O) groups is 1. The van der Waals surface area contributed by atoms with Gasteiger partial charge in [-0.3, -0.25) is 10.1 Å². The summed E-state index contributed by atoms with van der Waals surface area (Å²) in [5.74, 6) is 1.40. The molecule has 1 aliphatic heterocycles. The van der Waals surface area contributed by atoms with Crippen molar-refractivity contribution in [1.82, 2.24) is 25.4 Å². The average Bonchev–Trinajstić information content (AvgIpc) is 3.08. The van der Waals surface area contributed by atoms with Gasteiger partial charge in [0.2, 0.25) is 17.7 Å². The number of nitrogens with zero attached hydrogens (tertiary/aromatic N) is 5. The number of anilines is 2. The van der Waals surface area contributed by atoms with Crippen LogP contribution in [-0.2, 0) is 4.79 Å². The van der Waals surface area contributed by atoms with Crippen LogP contribution in [0.5, 0.6) is 5.88 Å². The molecule has 3 heterocycles. The minimum absolute atomic E-state index is 0.0667. The van der Waals surface area contributed by atoms with Crippen LogP contribution in [0.4, 0.5) is 11.8 Å². The highest BCUT2D eigenvalue weighted by molar-refractivity contribution is 5.91. The first-order valence-corrected chi connectivity index (χ1v) is 7.05. The van der Waals surface area contributed by atoms with E-state index in [1.54, 1.807) is 13.2 Å². The molecule has 2 aromatic rings. The number of methoxy groups -OCH3 is 1. The Balaban J connectivity index is 1.64. The monoisotopic (exact) mass is 303 g/mol. The summed E-state index contributed by atoms with van der Waals surface area (Å²) < 4.78 is 5.00. The number of aromatic amines is 1. The van der Waals surface area contributed by atoms with Gasteiger partial charge in [-0.25, -0.2) is 5.10 Å². The second-order valence-corrected chi connectivity index (χ2v) is 5.04. The van der Waals surface area contributed by atoms with Crippen LogP contribution in [0.25, 0.3) is 0 Å². The van der Waals surface area contributed by atoms with Gasteiger partial charge in [-0.05, 0) is 18.9 Å². The summed E-state index contributed by atoms with van der Waals surface area (Å²) >= 11 is 0. The molecular formula is C13H17N7O2. The Kier molecular flexibility index (Phi) is 4.12. The van der Waals surface area contributed by atoms with E-state index in [-0.39, 0.29) is 11.8 Å². The number of nitrogens with one attached hydrogen (secondary N) is 2. The van der Waals surface area contributed by atoms with Crippen molar-refractivity contribution in [3.63, 3.8) is 0 Å². The molecule has 0 spiro atoms. The van der Waals surface area contributed by atoms with Crippen molar-refractivity contribution in [2.45, 2.75) is 12.8 Å². The summed E-state index contributed by atoms with van der Waals surface area (Å²) in [6, 6.07) is 3.61. The van der Waals surface area contributed by atoms with Crippen LogP contribution in [0.2, 0.25) is 0 Å². The second-order valence-electron chi connectivity index (χ2n) is 5.04. The fourth-order valence-corrected chi connectivity index (χ4v) is 2.47. The number of carbonyl (C=O) groups excluding carboxylic acids is 1. The van der Waals surface area contributed by atoms with E-state index >= 15 is 0 Å². The van der Waals surface area contributed by atoms with Gasteiger partial charge in [0.1, 0.15) is 6.33 Å². The van der Waals surface area contributed by atoms with Gasteiger partial charge >= 0.3 is 0 Å². The highest BCUT2D eigenvalue weighted by Crippen LogP contribution is 2.22. The third kappa shape index (κ3) is 3.13.